The van der Waals surface area contributed by atoms with Gasteiger partial charge in [0.05, 0.1) is 13.2 Å². The van der Waals surface area contributed by atoms with Gasteiger partial charge in [-0.3, -0.25) is 0 Å². The van der Waals surface area contributed by atoms with E-state index < -0.39 is 0 Å². The topological polar surface area (TPSA) is 47.4 Å². The third kappa shape index (κ3) is 9.93. The average molecular weight is 634 g/mol. The Morgan fingerprint density at radius 2 is 0.851 bits per heavy atom. The van der Waals surface area contributed by atoms with Crippen LogP contribution in [0.5, 0.6) is 11.5 Å². The van der Waals surface area contributed by atoms with Gasteiger partial charge in [0.1, 0.15) is 11.5 Å². The fourth-order valence-electron chi connectivity index (χ4n) is 6.24. The molecule has 5 heteroatoms. The van der Waals surface area contributed by atoms with Crippen LogP contribution in [0.15, 0.2) is 84.9 Å². The number of fused-ring (bicyclic) bond motifs is 3. The minimum atomic E-state index is 0.779. The van der Waals surface area contributed by atoms with Crippen LogP contribution in [0.3, 0.4) is 0 Å². The Bertz CT molecular complexity index is 1520. The number of unbranched alkanes of at least 4 members (excludes halogenated alkanes) is 9. The smallest absolute Gasteiger partial charge is 0.119 e. The number of rotatable bonds is 21. The van der Waals surface area contributed by atoms with E-state index in [2.05, 4.69) is 121 Å². The van der Waals surface area contributed by atoms with Gasteiger partial charge in [0.15, 0.2) is 0 Å². The zero-order chi connectivity index (χ0) is 32.7. The number of nitrogens with zero attached hydrogens (tertiary/aromatic N) is 1. The molecule has 0 saturated heterocycles. The van der Waals surface area contributed by atoms with E-state index in [9.17, 15) is 0 Å². The molecule has 0 bridgehead atoms. The van der Waals surface area contributed by atoms with Crippen LogP contribution in [-0.4, -0.2) is 17.8 Å². The van der Waals surface area contributed by atoms with Crippen molar-refractivity contribution in [3.8, 4) is 11.5 Å². The van der Waals surface area contributed by atoms with Crippen LogP contribution in [-0.2, 0) is 6.54 Å². The first-order valence-corrected chi connectivity index (χ1v) is 18.2. The molecule has 0 atom stereocenters. The molecule has 0 fully saturated rings. The summed E-state index contributed by atoms with van der Waals surface area (Å²) in [7, 11) is 0. The van der Waals surface area contributed by atoms with Crippen LogP contribution < -0.4 is 20.1 Å². The Hall–Kier alpha value is -4.12. The Morgan fingerprint density at radius 3 is 1.28 bits per heavy atom. The molecule has 0 aliphatic rings. The van der Waals surface area contributed by atoms with Gasteiger partial charge in [0.2, 0.25) is 0 Å². The maximum Gasteiger partial charge on any atom is 0.119 e. The van der Waals surface area contributed by atoms with Gasteiger partial charge in [0, 0.05) is 51.1 Å². The summed E-state index contributed by atoms with van der Waals surface area (Å²) in [5.74, 6) is 1.86. The predicted octanol–water partition coefficient (Wildman–Crippen LogP) is 12.8. The number of hydrogen-bond donors (Lipinski definition) is 2. The van der Waals surface area contributed by atoms with Crippen LogP contribution in [0.2, 0.25) is 0 Å². The minimum absolute atomic E-state index is 0.779. The predicted molar refractivity (Wildman–Crippen MR) is 202 cm³/mol. The molecule has 0 radical (unpaired) electrons. The first-order chi connectivity index (χ1) is 23.2. The molecule has 5 rings (SSSR count). The molecule has 2 N–H and O–H groups in total. The highest BCUT2D eigenvalue weighted by Crippen LogP contribution is 2.35. The Kier molecular flexibility index (Phi) is 13.3. The molecule has 47 heavy (non-hydrogen) atoms. The Morgan fingerprint density at radius 1 is 0.447 bits per heavy atom. The zero-order valence-corrected chi connectivity index (χ0v) is 29.0. The Balaban J connectivity index is 1.32. The monoisotopic (exact) mass is 633 g/mol. The quantitative estimate of drug-likeness (QED) is 0.0789. The fourth-order valence-corrected chi connectivity index (χ4v) is 6.24. The first-order valence-electron chi connectivity index (χ1n) is 18.2. The molecule has 1 heterocycles. The van der Waals surface area contributed by atoms with Crippen LogP contribution in [0, 0.1) is 0 Å². The standard InChI is InChI=1S/C42H55N3O2/c1-4-7-10-13-28-45-41-26-20-35(43-33-16-22-37(23-17-33)46-29-14-11-8-5-2)31-39(41)40-32-36(21-27-42(40)45)44-34-18-24-38(25-19-34)47-30-15-12-9-6-3/h16-27,31-32,43-44H,4-15,28-30H2,1-3H3. The number of ether oxygens (including phenoxy) is 2. The van der Waals surface area contributed by atoms with Gasteiger partial charge >= 0.3 is 0 Å². The van der Waals surface area contributed by atoms with Gasteiger partial charge < -0.3 is 24.7 Å². The molecule has 0 aliphatic carbocycles. The summed E-state index contributed by atoms with van der Waals surface area (Å²) in [6.07, 6.45) is 14.7. The number of nitrogens with one attached hydrogen (secondary N) is 2. The summed E-state index contributed by atoms with van der Waals surface area (Å²) < 4.78 is 14.4. The molecular formula is C42H55N3O2. The lowest BCUT2D eigenvalue weighted by atomic mass is 10.1. The summed E-state index contributed by atoms with van der Waals surface area (Å²) in [6, 6.07) is 30.2. The van der Waals surface area contributed by atoms with Crippen LogP contribution in [0.4, 0.5) is 22.7 Å². The maximum atomic E-state index is 5.96. The zero-order valence-electron chi connectivity index (χ0n) is 29.0. The maximum absolute atomic E-state index is 5.96. The van der Waals surface area contributed by atoms with E-state index in [0.717, 1.165) is 66.8 Å². The second-order valence-corrected chi connectivity index (χ2v) is 12.8. The van der Waals surface area contributed by atoms with Crippen molar-refractivity contribution < 1.29 is 9.47 Å². The molecule has 4 aromatic carbocycles. The molecule has 250 valence electrons. The normalized spacial score (nSPS) is 11.3. The van der Waals surface area contributed by atoms with E-state index in [-0.39, 0.29) is 0 Å². The molecular weight excluding hydrogens is 578 g/mol. The lowest BCUT2D eigenvalue weighted by Crippen LogP contribution is -1.98. The van der Waals surface area contributed by atoms with Crippen LogP contribution in [0.25, 0.3) is 21.8 Å². The number of hydrogen-bond acceptors (Lipinski definition) is 4. The van der Waals surface area contributed by atoms with Crippen molar-refractivity contribution >= 4 is 44.6 Å². The lowest BCUT2D eigenvalue weighted by Gasteiger charge is -2.10. The van der Waals surface area contributed by atoms with E-state index in [1.165, 1.54) is 86.0 Å². The van der Waals surface area contributed by atoms with E-state index in [1.807, 2.05) is 0 Å². The molecule has 0 amide bonds. The van der Waals surface area contributed by atoms with Gasteiger partial charge in [0.25, 0.3) is 0 Å². The van der Waals surface area contributed by atoms with E-state index in [4.69, 9.17) is 9.47 Å². The molecule has 0 saturated carbocycles. The number of aryl methyl sites for hydroxylation is 1. The molecule has 5 aromatic rings. The van der Waals surface area contributed by atoms with Crippen LogP contribution in [0.1, 0.15) is 97.8 Å². The van der Waals surface area contributed by atoms with Gasteiger partial charge in [-0.15, -0.1) is 0 Å². The van der Waals surface area contributed by atoms with E-state index in [1.54, 1.807) is 0 Å². The van der Waals surface area contributed by atoms with E-state index in [0.29, 0.717) is 0 Å². The summed E-state index contributed by atoms with van der Waals surface area (Å²) in [5.41, 5.74) is 6.85. The van der Waals surface area contributed by atoms with Crippen molar-refractivity contribution in [2.24, 2.45) is 0 Å². The minimum Gasteiger partial charge on any atom is -0.494 e. The number of anilines is 4. The number of benzene rings is 4. The third-order valence-electron chi connectivity index (χ3n) is 8.92. The summed E-state index contributed by atoms with van der Waals surface area (Å²) in [5, 5.41) is 9.80. The summed E-state index contributed by atoms with van der Waals surface area (Å²) >= 11 is 0. The van der Waals surface area contributed by atoms with Gasteiger partial charge in [-0.25, -0.2) is 0 Å². The van der Waals surface area contributed by atoms with Crippen molar-refractivity contribution in [2.75, 3.05) is 23.8 Å². The molecule has 5 nitrogen and oxygen atoms in total. The van der Waals surface area contributed by atoms with Crippen LogP contribution >= 0.6 is 0 Å². The molecule has 0 unspecified atom stereocenters. The first kappa shape index (κ1) is 34.2. The third-order valence-corrected chi connectivity index (χ3v) is 8.92. The number of aromatic nitrogens is 1. The highest BCUT2D eigenvalue weighted by molar-refractivity contribution is 6.10. The second kappa shape index (κ2) is 18.3. The lowest BCUT2D eigenvalue weighted by molar-refractivity contribution is 0.305. The average Bonchev–Trinajstić information content (AvgIpc) is 3.40. The van der Waals surface area contributed by atoms with Crippen molar-refractivity contribution in [1.29, 1.82) is 0 Å². The van der Waals surface area contributed by atoms with E-state index >= 15 is 0 Å². The molecule has 0 aliphatic heterocycles. The van der Waals surface area contributed by atoms with Crippen molar-refractivity contribution in [3.63, 3.8) is 0 Å². The molecule has 1 aromatic heterocycles. The second-order valence-electron chi connectivity index (χ2n) is 12.8. The highest BCUT2D eigenvalue weighted by atomic mass is 16.5. The van der Waals surface area contributed by atoms with Crippen molar-refractivity contribution in [3.05, 3.63) is 84.9 Å². The largest absolute Gasteiger partial charge is 0.494 e. The van der Waals surface area contributed by atoms with Gasteiger partial charge in [-0.2, -0.15) is 0 Å². The fraction of sp³-hybridized carbons (Fsp3) is 0.429. The molecule has 0 spiro atoms. The van der Waals surface area contributed by atoms with Crippen molar-refractivity contribution in [2.45, 2.75) is 104 Å². The van der Waals surface area contributed by atoms with Crippen molar-refractivity contribution in [1.82, 2.24) is 4.57 Å². The summed E-state index contributed by atoms with van der Waals surface area (Å²) in [6.45, 7) is 9.33. The highest BCUT2D eigenvalue weighted by Gasteiger charge is 2.13. The Labute approximate surface area is 282 Å². The SMILES string of the molecule is CCCCCCOc1ccc(Nc2ccc3c(c2)c2cc(Nc4ccc(OCCCCCC)cc4)ccc2n3CCCCCC)cc1. The van der Waals surface area contributed by atoms with Gasteiger partial charge in [-0.05, 0) is 104 Å². The summed E-state index contributed by atoms with van der Waals surface area (Å²) in [4.78, 5) is 0. The van der Waals surface area contributed by atoms with Gasteiger partial charge in [-0.1, -0.05) is 78.6 Å².